The first-order valence-corrected chi connectivity index (χ1v) is 9.76. The molecule has 3 rings (SSSR count). The van der Waals surface area contributed by atoms with Gasteiger partial charge in [0.25, 0.3) is 0 Å². The van der Waals surface area contributed by atoms with Crippen molar-refractivity contribution < 1.29 is 19.4 Å². The molecule has 25 heavy (non-hydrogen) atoms. The number of amides is 1. The Hall–Kier alpha value is -1.53. The van der Waals surface area contributed by atoms with Crippen LogP contribution < -0.4 is 0 Å². The number of β-lactam (4-membered cyclic amide) rings is 1. The van der Waals surface area contributed by atoms with Gasteiger partial charge < -0.3 is 14.7 Å². The van der Waals surface area contributed by atoms with E-state index in [1.54, 1.807) is 30.5 Å². The molecular weight excluding hydrogens is 338 g/mol. The number of esters is 1. The smallest absolute Gasteiger partial charge is 0.330 e. The largest absolute Gasteiger partial charge is 0.459 e. The second-order valence-electron chi connectivity index (χ2n) is 7.21. The maximum Gasteiger partial charge on any atom is 0.330 e. The van der Waals surface area contributed by atoms with Gasteiger partial charge in [-0.3, -0.25) is 4.79 Å². The lowest BCUT2D eigenvalue weighted by Gasteiger charge is -2.49. The van der Waals surface area contributed by atoms with Crippen molar-refractivity contribution in [3.8, 4) is 0 Å². The molecular formula is C19H25NO4S. The number of rotatable bonds is 6. The Balaban J connectivity index is 1.72. The first-order chi connectivity index (χ1) is 11.8. The fourth-order valence-corrected chi connectivity index (χ4v) is 5.12. The van der Waals surface area contributed by atoms with Gasteiger partial charge in [-0.2, -0.15) is 11.8 Å². The summed E-state index contributed by atoms with van der Waals surface area (Å²) in [5.74, 6) is -0.0488. The van der Waals surface area contributed by atoms with Crippen molar-refractivity contribution in [2.45, 2.75) is 56.7 Å². The Bertz CT molecular complexity index is 643. The minimum absolute atomic E-state index is 0.0228. The monoisotopic (exact) mass is 363 g/mol. The fraction of sp³-hybridized carbons (Fsp3) is 0.579. The van der Waals surface area contributed by atoms with E-state index in [-0.39, 0.29) is 29.8 Å². The van der Waals surface area contributed by atoms with E-state index < -0.39 is 17.6 Å². The minimum Gasteiger partial charge on any atom is -0.459 e. The van der Waals surface area contributed by atoms with Gasteiger partial charge in [-0.05, 0) is 31.6 Å². The van der Waals surface area contributed by atoms with Crippen LogP contribution in [0, 0.1) is 5.92 Å². The Labute approximate surface area is 152 Å². The lowest BCUT2D eigenvalue weighted by molar-refractivity contribution is -0.179. The third-order valence-corrected chi connectivity index (χ3v) is 6.21. The van der Waals surface area contributed by atoms with E-state index in [2.05, 4.69) is 0 Å². The fourth-order valence-electron chi connectivity index (χ4n) is 3.93. The molecule has 1 aromatic rings. The highest BCUT2D eigenvalue weighted by molar-refractivity contribution is 7.99. The van der Waals surface area contributed by atoms with Crippen LogP contribution >= 0.6 is 11.8 Å². The van der Waals surface area contributed by atoms with Gasteiger partial charge >= 0.3 is 5.97 Å². The molecule has 0 saturated carbocycles. The minimum atomic E-state index is -1.07. The number of thioether (sulfide) groups is 1. The molecule has 2 aliphatic heterocycles. The number of aliphatic hydroxyl groups is 1. The lowest BCUT2D eigenvalue weighted by atomic mass is 9.76. The van der Waals surface area contributed by atoms with Crippen LogP contribution in [0.15, 0.2) is 30.3 Å². The molecule has 5 nitrogen and oxygen atoms in total. The molecule has 2 aliphatic rings. The number of nitrogens with zero attached hydrogens (tertiary/aromatic N) is 1. The summed E-state index contributed by atoms with van der Waals surface area (Å²) >= 11 is 1.68. The number of ether oxygens (including phenoxy) is 1. The molecule has 136 valence electrons. The Morgan fingerprint density at radius 1 is 1.36 bits per heavy atom. The highest BCUT2D eigenvalue weighted by Crippen LogP contribution is 2.47. The Morgan fingerprint density at radius 3 is 2.64 bits per heavy atom. The molecule has 0 aromatic heterocycles. The number of carbonyl (C=O) groups is 2. The van der Waals surface area contributed by atoms with E-state index in [0.29, 0.717) is 0 Å². The molecule has 2 fully saturated rings. The van der Waals surface area contributed by atoms with Crippen molar-refractivity contribution in [1.82, 2.24) is 4.90 Å². The van der Waals surface area contributed by atoms with Crippen molar-refractivity contribution in [2.75, 3.05) is 5.75 Å². The SMILES string of the molecule is CCSC1C[C@H]2[C@@H](C(C)(C)O)C(=O)N2[C@H]1C(=O)OCc1ccccc1. The molecule has 1 aromatic carbocycles. The first kappa shape index (κ1) is 18.3. The number of carbonyl (C=O) groups excluding carboxylic acids is 2. The van der Waals surface area contributed by atoms with E-state index in [1.807, 2.05) is 37.3 Å². The Kier molecular flexibility index (Phi) is 5.11. The number of hydrogen-bond donors (Lipinski definition) is 1. The van der Waals surface area contributed by atoms with E-state index in [9.17, 15) is 14.7 Å². The standard InChI is InChI=1S/C19H25NO4S/c1-4-25-14-10-13-15(19(2,3)23)17(21)20(13)16(14)18(22)24-11-12-8-6-5-7-9-12/h5-9,13-16,23H,4,10-11H2,1-3H3/t13-,14?,15+,16+/m0/s1. The lowest BCUT2D eigenvalue weighted by Crippen LogP contribution is -2.67. The van der Waals surface area contributed by atoms with E-state index in [0.717, 1.165) is 17.7 Å². The van der Waals surface area contributed by atoms with Crippen LogP contribution in [0.3, 0.4) is 0 Å². The van der Waals surface area contributed by atoms with Crippen molar-refractivity contribution in [3.63, 3.8) is 0 Å². The van der Waals surface area contributed by atoms with Crippen LogP contribution in [0.4, 0.5) is 0 Å². The van der Waals surface area contributed by atoms with Gasteiger partial charge in [0.15, 0.2) is 0 Å². The van der Waals surface area contributed by atoms with Crippen molar-refractivity contribution >= 4 is 23.6 Å². The van der Waals surface area contributed by atoms with Crippen molar-refractivity contribution in [1.29, 1.82) is 0 Å². The Morgan fingerprint density at radius 2 is 2.04 bits per heavy atom. The molecule has 4 atom stereocenters. The predicted molar refractivity (Wildman–Crippen MR) is 97.0 cm³/mol. The second kappa shape index (κ2) is 7.00. The van der Waals surface area contributed by atoms with E-state index >= 15 is 0 Å². The second-order valence-corrected chi connectivity index (χ2v) is 8.73. The summed E-state index contributed by atoms with van der Waals surface area (Å²) in [5.41, 5.74) is -0.142. The third-order valence-electron chi connectivity index (χ3n) is 5.00. The van der Waals surface area contributed by atoms with Gasteiger partial charge in [-0.1, -0.05) is 37.3 Å². The zero-order valence-corrected chi connectivity index (χ0v) is 15.7. The molecule has 2 saturated heterocycles. The number of fused-ring (bicyclic) bond motifs is 1. The molecule has 0 spiro atoms. The molecule has 1 N–H and O–H groups in total. The molecule has 2 heterocycles. The van der Waals surface area contributed by atoms with Crippen LogP contribution in [0.2, 0.25) is 0 Å². The summed E-state index contributed by atoms with van der Waals surface area (Å²) in [6.45, 7) is 5.58. The molecule has 0 aliphatic carbocycles. The van der Waals surface area contributed by atoms with Gasteiger partial charge in [0.05, 0.1) is 11.5 Å². The van der Waals surface area contributed by atoms with Gasteiger partial charge in [0, 0.05) is 11.3 Å². The third kappa shape index (κ3) is 3.42. The number of hydrogen-bond acceptors (Lipinski definition) is 5. The quantitative estimate of drug-likeness (QED) is 0.620. The van der Waals surface area contributed by atoms with Gasteiger partial charge in [-0.15, -0.1) is 0 Å². The predicted octanol–water partition coefficient (Wildman–Crippen LogP) is 2.22. The highest BCUT2D eigenvalue weighted by Gasteiger charge is 2.63. The molecule has 6 heteroatoms. The van der Waals surface area contributed by atoms with Crippen LogP contribution in [0.1, 0.15) is 32.8 Å². The van der Waals surface area contributed by atoms with Crippen molar-refractivity contribution in [2.24, 2.45) is 5.92 Å². The summed E-state index contributed by atoms with van der Waals surface area (Å²) in [7, 11) is 0. The summed E-state index contributed by atoms with van der Waals surface area (Å²) in [6.07, 6.45) is 0.726. The van der Waals surface area contributed by atoms with Crippen LogP contribution in [0.25, 0.3) is 0 Å². The van der Waals surface area contributed by atoms with Crippen LogP contribution in [-0.2, 0) is 20.9 Å². The zero-order chi connectivity index (χ0) is 18.2. The molecule has 1 amide bonds. The first-order valence-electron chi connectivity index (χ1n) is 8.71. The summed E-state index contributed by atoms with van der Waals surface area (Å²) < 4.78 is 5.50. The van der Waals surface area contributed by atoms with E-state index in [4.69, 9.17) is 4.74 Å². The normalized spacial score (nSPS) is 28.5. The summed E-state index contributed by atoms with van der Waals surface area (Å²) in [4.78, 5) is 26.9. The van der Waals surface area contributed by atoms with Crippen LogP contribution in [-0.4, -0.2) is 50.6 Å². The topological polar surface area (TPSA) is 66.8 Å². The molecule has 1 unspecified atom stereocenters. The van der Waals surface area contributed by atoms with Crippen LogP contribution in [0.5, 0.6) is 0 Å². The molecule has 0 radical (unpaired) electrons. The van der Waals surface area contributed by atoms with Gasteiger partial charge in [0.1, 0.15) is 12.6 Å². The van der Waals surface area contributed by atoms with Gasteiger partial charge in [-0.25, -0.2) is 4.79 Å². The van der Waals surface area contributed by atoms with Crippen molar-refractivity contribution in [3.05, 3.63) is 35.9 Å². The number of benzene rings is 1. The summed E-state index contributed by atoms with van der Waals surface area (Å²) in [5, 5.41) is 10.3. The maximum absolute atomic E-state index is 12.7. The molecule has 0 bridgehead atoms. The van der Waals surface area contributed by atoms with Gasteiger partial charge in [0.2, 0.25) is 5.91 Å². The highest BCUT2D eigenvalue weighted by atomic mass is 32.2. The average Bonchev–Trinajstić information content (AvgIpc) is 2.86. The average molecular weight is 363 g/mol. The van der Waals surface area contributed by atoms with E-state index in [1.165, 1.54) is 0 Å². The zero-order valence-electron chi connectivity index (χ0n) is 14.8. The maximum atomic E-state index is 12.7. The summed E-state index contributed by atoms with van der Waals surface area (Å²) in [6, 6.07) is 8.89.